The summed E-state index contributed by atoms with van der Waals surface area (Å²) in [7, 11) is 0. The number of hydrogen-bond donors (Lipinski definition) is 0. The van der Waals surface area contributed by atoms with E-state index >= 15 is 0 Å². The minimum Gasteiger partial charge on any atom is -0.445 e. The number of rotatable bonds is 2. The topological polar surface area (TPSA) is 29.5 Å². The van der Waals surface area contributed by atoms with E-state index in [1.807, 2.05) is 0 Å². The fourth-order valence-electron chi connectivity index (χ4n) is 1.79. The molecule has 0 radical (unpaired) electrons. The number of ether oxygens (including phenoxy) is 1. The minimum absolute atomic E-state index is 0.243. The van der Waals surface area contributed by atoms with E-state index in [4.69, 9.17) is 4.74 Å². The molecule has 18 heavy (non-hydrogen) atoms. The van der Waals surface area contributed by atoms with Gasteiger partial charge in [-0.25, -0.2) is 4.79 Å². The first-order valence-corrected chi connectivity index (χ1v) is 5.97. The van der Waals surface area contributed by atoms with Crippen molar-refractivity contribution in [1.82, 2.24) is 4.90 Å². The Morgan fingerprint density at radius 3 is 2.50 bits per heavy atom. The number of hydrogen-bond acceptors (Lipinski definition) is 2. The second kappa shape index (κ2) is 5.24. The van der Waals surface area contributed by atoms with Crippen LogP contribution in [0.5, 0.6) is 0 Å². The zero-order valence-corrected chi connectivity index (χ0v) is 10.8. The molecular formula is C11H18BF3NO2-. The maximum absolute atomic E-state index is 12.1. The first-order chi connectivity index (χ1) is 8.08. The van der Waals surface area contributed by atoms with Gasteiger partial charge in [0.05, 0.1) is 6.04 Å². The lowest BCUT2D eigenvalue weighted by atomic mass is 9.90. The van der Waals surface area contributed by atoms with Gasteiger partial charge in [0, 0.05) is 6.54 Å². The molecule has 1 amide bonds. The smallest absolute Gasteiger partial charge is 0.445 e. The Morgan fingerprint density at radius 2 is 2.00 bits per heavy atom. The predicted molar refractivity (Wildman–Crippen MR) is 64.2 cm³/mol. The van der Waals surface area contributed by atoms with Crippen molar-refractivity contribution < 1.29 is 22.5 Å². The van der Waals surface area contributed by atoms with Crippen LogP contribution in [-0.4, -0.2) is 36.2 Å². The minimum atomic E-state index is -4.95. The van der Waals surface area contributed by atoms with Crippen LogP contribution >= 0.6 is 0 Å². The number of amides is 1. The Morgan fingerprint density at radius 1 is 1.39 bits per heavy atom. The van der Waals surface area contributed by atoms with Crippen LogP contribution in [0, 0.1) is 0 Å². The molecular weight excluding hydrogens is 246 g/mol. The molecule has 0 aromatic carbocycles. The highest BCUT2D eigenvalue weighted by molar-refractivity contribution is 6.64. The second-order valence-electron chi connectivity index (χ2n) is 5.39. The maximum atomic E-state index is 12.1. The van der Waals surface area contributed by atoms with Crippen LogP contribution in [0.2, 0.25) is 0 Å². The van der Waals surface area contributed by atoms with Gasteiger partial charge in [-0.2, -0.15) is 0 Å². The van der Waals surface area contributed by atoms with Crippen LogP contribution in [0.3, 0.4) is 0 Å². The van der Waals surface area contributed by atoms with Gasteiger partial charge in [-0.1, -0.05) is 6.08 Å². The van der Waals surface area contributed by atoms with Gasteiger partial charge in [0.1, 0.15) is 5.60 Å². The average molecular weight is 264 g/mol. The SMILES string of the molecule is CC(C)(C)OC(=O)N1CCCC1/C=C/[B-](F)(F)F. The van der Waals surface area contributed by atoms with Gasteiger partial charge in [0.25, 0.3) is 0 Å². The lowest BCUT2D eigenvalue weighted by Crippen LogP contribution is -2.39. The summed E-state index contributed by atoms with van der Waals surface area (Å²) in [5, 5.41) is 0. The van der Waals surface area contributed by atoms with Crippen molar-refractivity contribution >= 4 is 13.1 Å². The summed E-state index contributed by atoms with van der Waals surface area (Å²) in [5.41, 5.74) is -0.637. The van der Waals surface area contributed by atoms with Gasteiger partial charge in [-0.05, 0) is 33.6 Å². The van der Waals surface area contributed by atoms with E-state index in [-0.39, 0.29) is 5.98 Å². The van der Waals surface area contributed by atoms with E-state index < -0.39 is 24.7 Å². The van der Waals surface area contributed by atoms with Crippen molar-refractivity contribution in [3.8, 4) is 0 Å². The highest BCUT2D eigenvalue weighted by Crippen LogP contribution is 2.23. The quantitative estimate of drug-likeness (QED) is 0.716. The van der Waals surface area contributed by atoms with Crippen molar-refractivity contribution in [2.24, 2.45) is 0 Å². The molecule has 0 aromatic heterocycles. The number of likely N-dealkylation sites (tertiary alicyclic amines) is 1. The van der Waals surface area contributed by atoms with Crippen LogP contribution in [0.1, 0.15) is 33.6 Å². The number of carbonyl (C=O) groups is 1. The van der Waals surface area contributed by atoms with Gasteiger partial charge in [0.15, 0.2) is 0 Å². The Labute approximate surface area is 105 Å². The highest BCUT2D eigenvalue weighted by atomic mass is 19.4. The monoisotopic (exact) mass is 264 g/mol. The Bertz CT molecular complexity index is 336. The normalized spacial score (nSPS) is 21.7. The molecule has 1 heterocycles. The molecule has 0 saturated carbocycles. The average Bonchev–Trinajstić information content (AvgIpc) is 2.58. The highest BCUT2D eigenvalue weighted by Gasteiger charge is 2.31. The van der Waals surface area contributed by atoms with Gasteiger partial charge in [-0.15, -0.1) is 5.98 Å². The van der Waals surface area contributed by atoms with Gasteiger partial charge in [-0.3, -0.25) is 0 Å². The number of carbonyl (C=O) groups excluding carboxylic acids is 1. The molecule has 1 aliphatic rings. The molecule has 0 spiro atoms. The molecule has 0 N–H and O–H groups in total. The fourth-order valence-corrected chi connectivity index (χ4v) is 1.79. The molecule has 3 nitrogen and oxygen atoms in total. The molecule has 7 heteroatoms. The molecule has 1 aliphatic heterocycles. The molecule has 0 aliphatic carbocycles. The van der Waals surface area contributed by atoms with E-state index in [1.165, 1.54) is 4.90 Å². The largest absolute Gasteiger partial charge is 0.502 e. The third kappa shape index (κ3) is 5.02. The van der Waals surface area contributed by atoms with Crippen LogP contribution in [-0.2, 0) is 4.74 Å². The maximum Gasteiger partial charge on any atom is 0.502 e. The van der Waals surface area contributed by atoms with E-state index in [0.29, 0.717) is 19.4 Å². The van der Waals surface area contributed by atoms with Crippen LogP contribution in [0.4, 0.5) is 17.7 Å². The summed E-state index contributed by atoms with van der Waals surface area (Å²) in [4.78, 5) is 13.1. The Kier molecular flexibility index (Phi) is 4.34. The third-order valence-electron chi connectivity index (χ3n) is 2.48. The summed E-state index contributed by atoms with van der Waals surface area (Å²) >= 11 is 0. The first-order valence-electron chi connectivity index (χ1n) is 5.97. The lowest BCUT2D eigenvalue weighted by Gasteiger charge is -2.27. The molecule has 0 aromatic rings. The van der Waals surface area contributed by atoms with Crippen LogP contribution in [0.25, 0.3) is 0 Å². The van der Waals surface area contributed by atoms with E-state index in [0.717, 1.165) is 6.08 Å². The molecule has 1 fully saturated rings. The van der Waals surface area contributed by atoms with Crippen LogP contribution in [0.15, 0.2) is 12.1 Å². The second-order valence-corrected chi connectivity index (χ2v) is 5.39. The first kappa shape index (κ1) is 14.9. The van der Waals surface area contributed by atoms with Crippen molar-refractivity contribution in [3.63, 3.8) is 0 Å². The number of halogens is 3. The number of nitrogens with zero attached hydrogens (tertiary/aromatic N) is 1. The molecule has 0 bridgehead atoms. The van der Waals surface area contributed by atoms with Gasteiger partial charge >= 0.3 is 13.1 Å². The standard InChI is InChI=1S/C11H18BF3NO2/c1-11(2,3)18-10(17)16-8-4-5-9(16)6-7-12(13,14)15/h6-7,9H,4-5,8H2,1-3H3/q-1/b7-6+. The zero-order chi connectivity index (χ0) is 14.0. The zero-order valence-electron chi connectivity index (χ0n) is 10.8. The van der Waals surface area contributed by atoms with E-state index in [2.05, 4.69) is 0 Å². The Hall–Kier alpha value is -1.14. The van der Waals surface area contributed by atoms with E-state index in [1.54, 1.807) is 20.8 Å². The lowest BCUT2D eigenvalue weighted by molar-refractivity contribution is 0.0255. The molecule has 104 valence electrons. The molecule has 1 atom stereocenters. The summed E-state index contributed by atoms with van der Waals surface area (Å²) in [6.45, 7) is 0.667. The van der Waals surface area contributed by atoms with Crippen molar-refractivity contribution in [1.29, 1.82) is 0 Å². The van der Waals surface area contributed by atoms with E-state index in [9.17, 15) is 17.7 Å². The van der Waals surface area contributed by atoms with Crippen molar-refractivity contribution in [2.45, 2.75) is 45.3 Å². The van der Waals surface area contributed by atoms with Crippen LogP contribution < -0.4 is 0 Å². The molecule has 1 saturated heterocycles. The van der Waals surface area contributed by atoms with Gasteiger partial charge < -0.3 is 22.6 Å². The molecule has 1 unspecified atom stereocenters. The van der Waals surface area contributed by atoms with Crippen molar-refractivity contribution in [3.05, 3.63) is 12.1 Å². The van der Waals surface area contributed by atoms with Crippen molar-refractivity contribution in [2.75, 3.05) is 6.54 Å². The fraction of sp³-hybridized carbons (Fsp3) is 0.727. The third-order valence-corrected chi connectivity index (χ3v) is 2.48. The summed E-state index contributed by atoms with van der Waals surface area (Å²) < 4.78 is 41.6. The summed E-state index contributed by atoms with van der Waals surface area (Å²) in [6, 6.07) is -0.511. The Balaban J connectivity index is 2.65. The predicted octanol–water partition coefficient (Wildman–Crippen LogP) is 3.33. The summed E-state index contributed by atoms with van der Waals surface area (Å²) in [5.74, 6) is 0.243. The summed E-state index contributed by atoms with van der Waals surface area (Å²) in [6.07, 6.45) is 1.74. The molecule has 1 rings (SSSR count). The van der Waals surface area contributed by atoms with Gasteiger partial charge in [0.2, 0.25) is 0 Å².